The van der Waals surface area contributed by atoms with E-state index in [4.69, 9.17) is 0 Å². The molecule has 0 fully saturated rings. The van der Waals surface area contributed by atoms with Gasteiger partial charge in [0.2, 0.25) is 0 Å². The minimum absolute atomic E-state index is 0.394. The van der Waals surface area contributed by atoms with Crippen molar-refractivity contribution in [3.05, 3.63) is 40.5 Å². The molecule has 57 valence electrons. The van der Waals surface area contributed by atoms with Crippen molar-refractivity contribution in [3.63, 3.8) is 0 Å². The molecule has 0 aliphatic heterocycles. The monoisotopic (exact) mass is 261 g/mol. The molecule has 1 aromatic carbocycles. The SMILES string of the molecule is [CH2]OC(=O)c1ccccc1I. The van der Waals surface area contributed by atoms with Crippen LogP contribution in [0, 0.1) is 10.7 Å². The van der Waals surface area contributed by atoms with Gasteiger partial charge in [0.1, 0.15) is 7.11 Å². The van der Waals surface area contributed by atoms with E-state index in [1.807, 2.05) is 12.1 Å². The fourth-order valence-electron chi connectivity index (χ4n) is 0.705. The summed E-state index contributed by atoms with van der Waals surface area (Å²) >= 11 is 2.07. The number of hydrogen-bond donors (Lipinski definition) is 0. The van der Waals surface area contributed by atoms with Crippen molar-refractivity contribution in [2.45, 2.75) is 0 Å². The summed E-state index contributed by atoms with van der Waals surface area (Å²) in [6.45, 7) is 0. The van der Waals surface area contributed by atoms with E-state index in [-0.39, 0.29) is 0 Å². The van der Waals surface area contributed by atoms with E-state index in [1.165, 1.54) is 0 Å². The summed E-state index contributed by atoms with van der Waals surface area (Å²) in [5, 5.41) is 0. The number of hydrogen-bond acceptors (Lipinski definition) is 2. The van der Waals surface area contributed by atoms with Crippen LogP contribution in [0.4, 0.5) is 0 Å². The summed E-state index contributed by atoms with van der Waals surface area (Å²) in [7, 11) is 3.05. The Hall–Kier alpha value is -0.580. The molecule has 0 spiro atoms. The van der Waals surface area contributed by atoms with Crippen molar-refractivity contribution in [2.75, 3.05) is 0 Å². The molecule has 0 aliphatic rings. The maximum Gasteiger partial charge on any atom is 0.339 e. The van der Waals surface area contributed by atoms with Crippen LogP contribution in [0.5, 0.6) is 0 Å². The van der Waals surface area contributed by atoms with Gasteiger partial charge in [-0.15, -0.1) is 0 Å². The number of carbonyl (C=O) groups excluding carboxylic acids is 1. The molecule has 1 rings (SSSR count). The second-order valence-electron chi connectivity index (χ2n) is 1.91. The average molecular weight is 261 g/mol. The van der Waals surface area contributed by atoms with Crippen LogP contribution in [0.3, 0.4) is 0 Å². The third-order valence-electron chi connectivity index (χ3n) is 1.22. The quantitative estimate of drug-likeness (QED) is 0.572. The van der Waals surface area contributed by atoms with Crippen molar-refractivity contribution >= 4 is 28.6 Å². The van der Waals surface area contributed by atoms with Gasteiger partial charge in [-0.25, -0.2) is 4.79 Å². The zero-order chi connectivity index (χ0) is 8.27. The fraction of sp³-hybridized carbons (Fsp3) is 0. The first kappa shape index (κ1) is 8.52. The zero-order valence-corrected chi connectivity index (χ0v) is 7.87. The van der Waals surface area contributed by atoms with Gasteiger partial charge in [-0.2, -0.15) is 0 Å². The lowest BCUT2D eigenvalue weighted by atomic mass is 10.2. The molecule has 0 aromatic heterocycles. The molecule has 1 radical (unpaired) electrons. The standard InChI is InChI=1S/C8H6IO2/c1-11-8(10)6-4-2-3-5-7(6)9/h2-5H,1H2. The Morgan fingerprint density at radius 1 is 1.45 bits per heavy atom. The van der Waals surface area contributed by atoms with Crippen LogP contribution >= 0.6 is 22.6 Å². The van der Waals surface area contributed by atoms with Crippen molar-refractivity contribution in [1.82, 2.24) is 0 Å². The smallest absolute Gasteiger partial charge is 0.339 e. The molecule has 0 heterocycles. The molecule has 3 heteroatoms. The molecule has 0 saturated carbocycles. The minimum Gasteiger partial charge on any atom is -0.458 e. The van der Waals surface area contributed by atoms with E-state index < -0.39 is 5.97 Å². The van der Waals surface area contributed by atoms with Gasteiger partial charge in [-0.05, 0) is 34.7 Å². The third kappa shape index (κ3) is 1.92. The molecular formula is C8H6IO2. The second-order valence-corrected chi connectivity index (χ2v) is 3.07. The Morgan fingerprint density at radius 2 is 2.09 bits per heavy atom. The van der Waals surface area contributed by atoms with Gasteiger partial charge in [-0.1, -0.05) is 12.1 Å². The Bertz CT molecular complexity index is 271. The number of rotatable bonds is 1. The molecule has 11 heavy (non-hydrogen) atoms. The summed E-state index contributed by atoms with van der Waals surface area (Å²) in [5.41, 5.74) is 0.558. The maximum absolute atomic E-state index is 10.9. The van der Waals surface area contributed by atoms with Gasteiger partial charge < -0.3 is 4.74 Å². The average Bonchev–Trinajstić information content (AvgIpc) is 2.04. The van der Waals surface area contributed by atoms with Crippen molar-refractivity contribution in [2.24, 2.45) is 0 Å². The van der Waals surface area contributed by atoms with E-state index in [9.17, 15) is 4.79 Å². The molecule has 0 atom stereocenters. The first-order chi connectivity index (χ1) is 5.25. The molecule has 0 aliphatic carbocycles. The van der Waals surface area contributed by atoms with Gasteiger partial charge in [0.05, 0.1) is 5.56 Å². The summed E-state index contributed by atoms with van der Waals surface area (Å²) < 4.78 is 5.20. The molecule has 0 N–H and O–H groups in total. The van der Waals surface area contributed by atoms with Crippen molar-refractivity contribution < 1.29 is 9.53 Å². The first-order valence-electron chi connectivity index (χ1n) is 2.96. The predicted octanol–water partition coefficient (Wildman–Crippen LogP) is 2.24. The van der Waals surface area contributed by atoms with Crippen LogP contribution < -0.4 is 0 Å². The van der Waals surface area contributed by atoms with E-state index in [1.54, 1.807) is 12.1 Å². The van der Waals surface area contributed by atoms with Crippen LogP contribution in [0.1, 0.15) is 10.4 Å². The van der Waals surface area contributed by atoms with Crippen molar-refractivity contribution in [1.29, 1.82) is 0 Å². The molecule has 0 amide bonds. The summed E-state index contributed by atoms with van der Waals surface area (Å²) in [6, 6.07) is 7.19. The Labute approximate surface area is 78.7 Å². The molecule has 1 aromatic rings. The maximum atomic E-state index is 10.9. The highest BCUT2D eigenvalue weighted by Crippen LogP contribution is 2.11. The van der Waals surface area contributed by atoms with Crippen LogP contribution in [0.2, 0.25) is 0 Å². The highest BCUT2D eigenvalue weighted by atomic mass is 127. The van der Waals surface area contributed by atoms with Gasteiger partial charge in [0, 0.05) is 3.57 Å². The van der Waals surface area contributed by atoms with Crippen LogP contribution in [0.25, 0.3) is 0 Å². The third-order valence-corrected chi connectivity index (χ3v) is 2.17. The van der Waals surface area contributed by atoms with Crippen LogP contribution in [-0.4, -0.2) is 5.97 Å². The summed E-state index contributed by atoms with van der Waals surface area (Å²) in [4.78, 5) is 10.9. The minimum atomic E-state index is -0.394. The number of esters is 1. The molecule has 2 nitrogen and oxygen atoms in total. The van der Waals surface area contributed by atoms with Gasteiger partial charge >= 0.3 is 5.97 Å². The van der Waals surface area contributed by atoms with Gasteiger partial charge in [0.15, 0.2) is 0 Å². The molecular weight excluding hydrogens is 255 g/mol. The van der Waals surface area contributed by atoms with Crippen LogP contribution in [0.15, 0.2) is 24.3 Å². The molecule has 0 unspecified atom stereocenters. The number of ether oxygens (including phenoxy) is 1. The highest BCUT2D eigenvalue weighted by molar-refractivity contribution is 14.1. The Balaban J connectivity index is 3.03. The Morgan fingerprint density at radius 3 is 2.64 bits per heavy atom. The fourth-order valence-corrected chi connectivity index (χ4v) is 1.31. The van der Waals surface area contributed by atoms with E-state index in [0.29, 0.717) is 5.56 Å². The highest BCUT2D eigenvalue weighted by Gasteiger charge is 2.07. The lowest BCUT2D eigenvalue weighted by Gasteiger charge is -1.99. The number of benzene rings is 1. The van der Waals surface area contributed by atoms with E-state index in [0.717, 1.165) is 3.57 Å². The predicted molar refractivity (Wildman–Crippen MR) is 49.9 cm³/mol. The van der Waals surface area contributed by atoms with Gasteiger partial charge in [0.25, 0.3) is 0 Å². The number of carbonyl (C=O) groups is 1. The largest absolute Gasteiger partial charge is 0.458 e. The zero-order valence-electron chi connectivity index (χ0n) is 5.71. The van der Waals surface area contributed by atoms with E-state index >= 15 is 0 Å². The summed E-state index contributed by atoms with van der Waals surface area (Å²) in [5.74, 6) is -0.394. The Kier molecular flexibility index (Phi) is 2.87. The first-order valence-corrected chi connectivity index (χ1v) is 4.04. The number of halogens is 1. The summed E-state index contributed by atoms with van der Waals surface area (Å²) in [6.07, 6.45) is 0. The van der Waals surface area contributed by atoms with E-state index in [2.05, 4.69) is 34.4 Å². The second kappa shape index (κ2) is 3.71. The van der Waals surface area contributed by atoms with Crippen molar-refractivity contribution in [3.8, 4) is 0 Å². The normalized spacial score (nSPS) is 9.27. The molecule has 0 saturated heterocycles. The lowest BCUT2D eigenvalue weighted by Crippen LogP contribution is -2.01. The van der Waals surface area contributed by atoms with Gasteiger partial charge in [-0.3, -0.25) is 0 Å². The lowest BCUT2D eigenvalue weighted by molar-refractivity contribution is 0.0653. The topological polar surface area (TPSA) is 26.3 Å². The van der Waals surface area contributed by atoms with Crippen LogP contribution in [-0.2, 0) is 4.74 Å². The molecule has 0 bridgehead atoms.